The van der Waals surface area contributed by atoms with Gasteiger partial charge in [0.2, 0.25) is 0 Å². The van der Waals surface area contributed by atoms with Gasteiger partial charge in [-0.3, -0.25) is 0 Å². The van der Waals surface area contributed by atoms with Crippen LogP contribution in [0.2, 0.25) is 0 Å². The molecule has 0 aromatic heterocycles. The van der Waals surface area contributed by atoms with Crippen LogP contribution in [0.4, 0.5) is 4.79 Å². The standard InChI is InChI=1S/C12H24N2O3S/c1-6-9(7-18-5)14(4)12(17)13-10(8(2)3)11(15)16/h8-10H,6-7H2,1-5H3,(H,13,17)(H,15,16)/t9?,10-/m0/s1. The van der Waals surface area contributed by atoms with Crippen LogP contribution < -0.4 is 5.32 Å². The third-order valence-corrected chi connectivity index (χ3v) is 3.63. The topological polar surface area (TPSA) is 69.6 Å². The molecule has 0 saturated heterocycles. The van der Waals surface area contributed by atoms with Crippen LogP contribution in [0.1, 0.15) is 27.2 Å². The van der Waals surface area contributed by atoms with Crippen molar-refractivity contribution in [2.75, 3.05) is 19.1 Å². The van der Waals surface area contributed by atoms with E-state index in [1.54, 1.807) is 37.6 Å². The van der Waals surface area contributed by atoms with Crippen molar-refractivity contribution in [2.24, 2.45) is 5.92 Å². The highest BCUT2D eigenvalue weighted by atomic mass is 32.2. The van der Waals surface area contributed by atoms with E-state index in [1.165, 1.54) is 0 Å². The lowest BCUT2D eigenvalue weighted by atomic mass is 10.1. The van der Waals surface area contributed by atoms with Crippen LogP contribution in [-0.4, -0.2) is 53.1 Å². The van der Waals surface area contributed by atoms with Crippen molar-refractivity contribution >= 4 is 23.8 Å². The molecule has 18 heavy (non-hydrogen) atoms. The summed E-state index contributed by atoms with van der Waals surface area (Å²) in [6, 6.07) is -1.04. The van der Waals surface area contributed by atoms with Gasteiger partial charge in [0.1, 0.15) is 6.04 Å². The maximum absolute atomic E-state index is 12.0. The molecule has 2 N–H and O–H groups in total. The van der Waals surface area contributed by atoms with Gasteiger partial charge in [0, 0.05) is 18.8 Å². The molecule has 0 aliphatic carbocycles. The van der Waals surface area contributed by atoms with E-state index in [-0.39, 0.29) is 18.0 Å². The van der Waals surface area contributed by atoms with Gasteiger partial charge in [-0.25, -0.2) is 9.59 Å². The Morgan fingerprint density at radius 3 is 2.28 bits per heavy atom. The van der Waals surface area contributed by atoms with Gasteiger partial charge in [-0.05, 0) is 18.6 Å². The monoisotopic (exact) mass is 276 g/mol. The summed E-state index contributed by atoms with van der Waals surface area (Å²) in [5, 5.41) is 11.6. The highest BCUT2D eigenvalue weighted by Gasteiger charge is 2.26. The van der Waals surface area contributed by atoms with Crippen LogP contribution in [0.3, 0.4) is 0 Å². The number of carboxylic acids is 1. The van der Waals surface area contributed by atoms with Crippen LogP contribution in [0.15, 0.2) is 0 Å². The number of amides is 2. The van der Waals surface area contributed by atoms with Gasteiger partial charge < -0.3 is 15.3 Å². The maximum Gasteiger partial charge on any atom is 0.326 e. The normalized spacial score (nSPS) is 14.1. The number of hydrogen-bond donors (Lipinski definition) is 2. The van der Waals surface area contributed by atoms with E-state index in [2.05, 4.69) is 5.32 Å². The van der Waals surface area contributed by atoms with Gasteiger partial charge in [-0.2, -0.15) is 11.8 Å². The van der Waals surface area contributed by atoms with E-state index < -0.39 is 12.0 Å². The Morgan fingerprint density at radius 1 is 1.39 bits per heavy atom. The molecule has 0 saturated carbocycles. The number of rotatable bonds is 7. The number of carbonyl (C=O) groups excluding carboxylic acids is 1. The first-order valence-corrected chi connectivity index (χ1v) is 7.49. The van der Waals surface area contributed by atoms with Gasteiger partial charge in [0.25, 0.3) is 0 Å². The van der Waals surface area contributed by atoms with Gasteiger partial charge in [0.05, 0.1) is 0 Å². The van der Waals surface area contributed by atoms with Gasteiger partial charge in [0.15, 0.2) is 0 Å². The number of aliphatic carboxylic acids is 1. The zero-order chi connectivity index (χ0) is 14.3. The number of nitrogens with zero attached hydrogens (tertiary/aromatic N) is 1. The van der Waals surface area contributed by atoms with Crippen molar-refractivity contribution in [1.82, 2.24) is 10.2 Å². The number of urea groups is 1. The van der Waals surface area contributed by atoms with E-state index in [4.69, 9.17) is 5.11 Å². The molecule has 0 aliphatic rings. The second kappa shape index (κ2) is 8.24. The third-order valence-electron chi connectivity index (χ3n) is 2.91. The fourth-order valence-electron chi connectivity index (χ4n) is 1.61. The van der Waals surface area contributed by atoms with E-state index in [1.807, 2.05) is 13.2 Å². The maximum atomic E-state index is 12.0. The van der Waals surface area contributed by atoms with Crippen molar-refractivity contribution in [3.8, 4) is 0 Å². The van der Waals surface area contributed by atoms with Gasteiger partial charge in [-0.15, -0.1) is 0 Å². The minimum absolute atomic E-state index is 0.126. The van der Waals surface area contributed by atoms with Crippen LogP contribution in [0.5, 0.6) is 0 Å². The Balaban J connectivity index is 4.58. The molecule has 2 atom stereocenters. The zero-order valence-corrected chi connectivity index (χ0v) is 12.6. The van der Waals surface area contributed by atoms with Gasteiger partial charge in [-0.1, -0.05) is 20.8 Å². The average Bonchev–Trinajstić information content (AvgIpc) is 2.30. The van der Waals surface area contributed by atoms with Crippen molar-refractivity contribution in [3.63, 3.8) is 0 Å². The SMILES string of the molecule is CCC(CSC)N(C)C(=O)N[C@H](C(=O)O)C(C)C. The molecule has 1 unspecified atom stereocenters. The summed E-state index contributed by atoms with van der Waals surface area (Å²) >= 11 is 1.67. The molecule has 5 nitrogen and oxygen atoms in total. The predicted octanol–water partition coefficient (Wildman–Crippen LogP) is 1.88. The highest BCUT2D eigenvalue weighted by Crippen LogP contribution is 2.09. The largest absolute Gasteiger partial charge is 0.480 e. The minimum atomic E-state index is -0.996. The van der Waals surface area contributed by atoms with Crippen LogP contribution in [0, 0.1) is 5.92 Å². The molecule has 0 spiro atoms. The smallest absolute Gasteiger partial charge is 0.326 e. The lowest BCUT2D eigenvalue weighted by Crippen LogP contribution is -2.52. The highest BCUT2D eigenvalue weighted by molar-refractivity contribution is 7.98. The molecule has 0 aromatic carbocycles. The fraction of sp³-hybridized carbons (Fsp3) is 0.833. The molecule has 2 amide bonds. The Hall–Kier alpha value is -0.910. The Kier molecular flexibility index (Phi) is 7.82. The summed E-state index contributed by atoms with van der Waals surface area (Å²) in [6.07, 6.45) is 2.84. The second-order valence-corrected chi connectivity index (χ2v) is 5.55. The molecule has 0 heterocycles. The molecule has 0 bridgehead atoms. The Morgan fingerprint density at radius 2 is 1.94 bits per heavy atom. The van der Waals surface area contributed by atoms with Crippen LogP contribution >= 0.6 is 11.8 Å². The van der Waals surface area contributed by atoms with E-state index in [0.717, 1.165) is 12.2 Å². The summed E-state index contributed by atoms with van der Waals surface area (Å²) in [4.78, 5) is 24.6. The molecular weight excluding hydrogens is 252 g/mol. The summed E-state index contributed by atoms with van der Waals surface area (Å²) in [6.45, 7) is 5.57. The number of carbonyl (C=O) groups is 2. The number of thioether (sulfide) groups is 1. The zero-order valence-electron chi connectivity index (χ0n) is 11.8. The molecule has 106 valence electrons. The lowest BCUT2D eigenvalue weighted by molar-refractivity contribution is -0.140. The summed E-state index contributed by atoms with van der Waals surface area (Å²) in [5.74, 6) is -0.287. The van der Waals surface area contributed by atoms with Crippen LogP contribution in [-0.2, 0) is 4.79 Å². The van der Waals surface area contributed by atoms with E-state index >= 15 is 0 Å². The van der Waals surface area contributed by atoms with Crippen molar-refractivity contribution in [3.05, 3.63) is 0 Å². The molecule has 6 heteroatoms. The average molecular weight is 276 g/mol. The van der Waals surface area contributed by atoms with Crippen molar-refractivity contribution in [2.45, 2.75) is 39.3 Å². The van der Waals surface area contributed by atoms with E-state index in [0.29, 0.717) is 0 Å². The molecule has 0 radical (unpaired) electrons. The number of hydrogen-bond acceptors (Lipinski definition) is 3. The Bertz CT molecular complexity index is 284. The molecule has 0 rings (SSSR count). The summed E-state index contributed by atoms with van der Waals surface area (Å²) in [7, 11) is 1.71. The van der Waals surface area contributed by atoms with Crippen molar-refractivity contribution in [1.29, 1.82) is 0 Å². The van der Waals surface area contributed by atoms with E-state index in [9.17, 15) is 9.59 Å². The van der Waals surface area contributed by atoms with Gasteiger partial charge >= 0.3 is 12.0 Å². The molecule has 0 aliphatic heterocycles. The molecule has 0 aromatic rings. The third kappa shape index (κ3) is 5.16. The first-order valence-electron chi connectivity index (χ1n) is 6.10. The minimum Gasteiger partial charge on any atom is -0.480 e. The fourth-order valence-corrected chi connectivity index (χ4v) is 2.45. The number of nitrogens with one attached hydrogen (secondary N) is 1. The van der Waals surface area contributed by atoms with Crippen LogP contribution in [0.25, 0.3) is 0 Å². The quantitative estimate of drug-likeness (QED) is 0.745. The summed E-state index contributed by atoms with van der Waals surface area (Å²) < 4.78 is 0. The summed E-state index contributed by atoms with van der Waals surface area (Å²) in [5.41, 5.74) is 0. The lowest BCUT2D eigenvalue weighted by Gasteiger charge is -2.29. The number of carboxylic acid groups (broad SMARTS) is 1. The molecular formula is C12H24N2O3S. The van der Waals surface area contributed by atoms with Crippen molar-refractivity contribution < 1.29 is 14.7 Å². The Labute approximate surface area is 113 Å². The molecule has 0 fully saturated rings. The first-order chi connectivity index (χ1) is 8.34. The second-order valence-electron chi connectivity index (χ2n) is 4.64. The predicted molar refractivity (Wildman–Crippen MR) is 75.0 cm³/mol. The first kappa shape index (κ1) is 17.1.